The summed E-state index contributed by atoms with van der Waals surface area (Å²) in [5.74, 6) is -1.50. The van der Waals surface area contributed by atoms with Crippen LogP contribution in [0.4, 0.5) is 11.4 Å². The van der Waals surface area contributed by atoms with Gasteiger partial charge in [-0.25, -0.2) is 4.90 Å². The third-order valence-electron chi connectivity index (χ3n) is 6.51. The van der Waals surface area contributed by atoms with Crippen LogP contribution >= 0.6 is 23.1 Å². The van der Waals surface area contributed by atoms with Gasteiger partial charge in [-0.2, -0.15) is 0 Å². The quantitative estimate of drug-likeness (QED) is 0.352. The number of hydrogen-bond acceptors (Lipinski definition) is 7. The number of carbonyl (C=O) groups excluding carboxylic acids is 3. The number of nitrogens with one attached hydrogen (secondary N) is 2. The van der Waals surface area contributed by atoms with Crippen molar-refractivity contribution in [3.8, 4) is 5.75 Å². The highest BCUT2D eigenvalue weighted by atomic mass is 32.2. The molecule has 3 aromatic carbocycles. The van der Waals surface area contributed by atoms with Crippen molar-refractivity contribution in [3.63, 3.8) is 0 Å². The third-order valence-corrected chi connectivity index (χ3v) is 8.91. The summed E-state index contributed by atoms with van der Waals surface area (Å²) < 4.78 is 5.66. The zero-order valence-corrected chi connectivity index (χ0v) is 21.5. The molecule has 10 heteroatoms. The van der Waals surface area contributed by atoms with Crippen LogP contribution in [0.15, 0.2) is 94.7 Å². The molecule has 0 bridgehead atoms. The number of amides is 3. The fourth-order valence-corrected chi connectivity index (χ4v) is 7.36. The molecule has 3 heterocycles. The highest BCUT2D eigenvalue weighted by molar-refractivity contribution is 8.00. The van der Waals surface area contributed by atoms with Crippen LogP contribution in [-0.2, 0) is 14.4 Å². The number of rotatable bonds is 6. The van der Waals surface area contributed by atoms with E-state index in [9.17, 15) is 19.2 Å². The molecule has 3 unspecified atom stereocenters. The lowest BCUT2D eigenvalue weighted by molar-refractivity contribution is -0.122. The largest absolute Gasteiger partial charge is 0.484 e. The molecule has 8 nitrogen and oxygen atoms in total. The van der Waals surface area contributed by atoms with Crippen LogP contribution in [-0.4, -0.2) is 34.6 Å². The fourth-order valence-electron chi connectivity index (χ4n) is 4.85. The number of anilines is 2. The van der Waals surface area contributed by atoms with Gasteiger partial charge in [-0.05, 0) is 42.0 Å². The molecule has 2 N–H and O–H groups in total. The molecule has 2 aliphatic heterocycles. The maximum absolute atomic E-state index is 13.7. The zero-order valence-electron chi connectivity index (χ0n) is 19.8. The Morgan fingerprint density at radius 2 is 1.58 bits per heavy atom. The summed E-state index contributed by atoms with van der Waals surface area (Å²) >= 11 is 2.31. The average Bonchev–Trinajstić information content (AvgIpc) is 3.43. The van der Waals surface area contributed by atoms with Crippen LogP contribution in [0.25, 0.3) is 0 Å². The minimum absolute atomic E-state index is 0.165. The summed E-state index contributed by atoms with van der Waals surface area (Å²) in [5.41, 5.74) is 2.00. The van der Waals surface area contributed by atoms with Crippen LogP contribution < -0.4 is 19.8 Å². The highest BCUT2D eigenvalue weighted by Crippen LogP contribution is 2.53. The van der Waals surface area contributed by atoms with Crippen molar-refractivity contribution in [3.05, 3.63) is 105 Å². The van der Waals surface area contributed by atoms with E-state index in [-0.39, 0.29) is 29.2 Å². The van der Waals surface area contributed by atoms with Crippen LogP contribution in [0.1, 0.15) is 16.4 Å². The molecule has 38 heavy (non-hydrogen) atoms. The molecule has 190 valence electrons. The van der Waals surface area contributed by atoms with Crippen LogP contribution in [0, 0.1) is 5.92 Å². The fraction of sp³-hybridized carbons (Fsp3) is 0.143. The van der Waals surface area contributed by atoms with Crippen molar-refractivity contribution in [2.45, 2.75) is 16.2 Å². The monoisotopic (exact) mass is 543 g/mol. The normalized spacial score (nSPS) is 20.1. The number of benzene rings is 3. The first kappa shape index (κ1) is 24.2. The Morgan fingerprint density at radius 1 is 0.895 bits per heavy atom. The lowest BCUT2D eigenvalue weighted by Crippen LogP contribution is -2.32. The van der Waals surface area contributed by atoms with Gasteiger partial charge in [-0.3, -0.25) is 19.2 Å². The van der Waals surface area contributed by atoms with Crippen molar-refractivity contribution in [2.75, 3.05) is 16.8 Å². The molecule has 1 fully saturated rings. The Balaban J connectivity index is 1.25. The number of carbonyl (C=O) groups is 3. The second kappa shape index (κ2) is 9.96. The summed E-state index contributed by atoms with van der Waals surface area (Å²) in [6.07, 6.45) is 0. The number of nitrogens with zero attached hydrogens (tertiary/aromatic N) is 1. The molecule has 0 aliphatic carbocycles. The number of para-hydroxylation sites is 2. The third kappa shape index (κ3) is 4.42. The molecule has 3 amide bonds. The van der Waals surface area contributed by atoms with Gasteiger partial charge in [0.1, 0.15) is 11.0 Å². The second-order valence-electron chi connectivity index (χ2n) is 8.87. The van der Waals surface area contributed by atoms with Gasteiger partial charge in [-0.15, -0.1) is 0 Å². The number of H-pyrrole nitrogens is 1. The summed E-state index contributed by atoms with van der Waals surface area (Å²) in [6.45, 7) is -0.165. The first-order valence-electron chi connectivity index (χ1n) is 11.9. The Hall–Kier alpha value is -4.15. The Kier molecular flexibility index (Phi) is 6.34. The topological polar surface area (TPSA) is 109 Å². The molecule has 0 saturated carbocycles. The minimum Gasteiger partial charge on any atom is -0.484 e. The zero-order chi connectivity index (χ0) is 26.2. The number of ether oxygens (including phenoxy) is 1. The molecule has 2 aliphatic rings. The number of fused-ring (bicyclic) bond motifs is 2. The Morgan fingerprint density at radius 3 is 2.29 bits per heavy atom. The molecule has 0 radical (unpaired) electrons. The van der Waals surface area contributed by atoms with Crippen LogP contribution in [0.2, 0.25) is 0 Å². The first-order valence-corrected chi connectivity index (χ1v) is 13.6. The van der Waals surface area contributed by atoms with E-state index in [0.717, 1.165) is 21.8 Å². The average molecular weight is 544 g/mol. The van der Waals surface area contributed by atoms with Gasteiger partial charge in [0.25, 0.3) is 5.91 Å². The lowest BCUT2D eigenvalue weighted by atomic mass is 9.83. The van der Waals surface area contributed by atoms with Gasteiger partial charge < -0.3 is 15.0 Å². The van der Waals surface area contributed by atoms with E-state index in [1.165, 1.54) is 16.7 Å². The Bertz CT molecular complexity index is 1570. The molecule has 4 aromatic rings. The molecule has 1 aromatic heterocycles. The smallest absolute Gasteiger partial charge is 0.305 e. The van der Waals surface area contributed by atoms with Gasteiger partial charge in [-0.1, -0.05) is 71.6 Å². The number of imide groups is 1. The molecule has 0 spiro atoms. The summed E-state index contributed by atoms with van der Waals surface area (Å²) in [5, 5.41) is 2.74. The van der Waals surface area contributed by atoms with Crippen molar-refractivity contribution >= 4 is 52.2 Å². The van der Waals surface area contributed by atoms with Gasteiger partial charge in [0.05, 0.1) is 16.6 Å². The van der Waals surface area contributed by atoms with E-state index in [1.54, 1.807) is 48.5 Å². The van der Waals surface area contributed by atoms with Gasteiger partial charge >= 0.3 is 4.87 Å². The van der Waals surface area contributed by atoms with Gasteiger partial charge in [0.2, 0.25) is 11.8 Å². The van der Waals surface area contributed by atoms with Crippen LogP contribution in [0.3, 0.4) is 0 Å². The number of hydrogen-bond donors (Lipinski definition) is 2. The van der Waals surface area contributed by atoms with E-state index in [0.29, 0.717) is 22.2 Å². The number of aromatic nitrogens is 1. The second-order valence-corrected chi connectivity index (χ2v) is 11.0. The van der Waals surface area contributed by atoms with Gasteiger partial charge in [0, 0.05) is 16.5 Å². The number of thioether (sulfide) groups is 1. The Labute approximate surface area is 225 Å². The van der Waals surface area contributed by atoms with Crippen molar-refractivity contribution in [2.24, 2.45) is 5.92 Å². The predicted molar refractivity (Wildman–Crippen MR) is 146 cm³/mol. The SMILES string of the molecule is O=C(COc1ccc(C2c3sc(=O)[nH]c3SC3C(=O)N(c4ccccc4)C(=O)C32)cc1)Nc1ccccc1. The standard InChI is InChI=1S/C28H21N3O5S2/c32-20(29-17-7-3-1-4-8-17)15-36-19-13-11-16(12-14-19)21-22-24(37-25-23(21)38-28(35)30-25)27(34)31(26(22)33)18-9-5-2-6-10-18/h1-14,21-22,24H,15H2,(H,29,32)(H,30,35). The highest BCUT2D eigenvalue weighted by Gasteiger charge is 2.56. The van der Waals surface area contributed by atoms with E-state index < -0.39 is 17.1 Å². The van der Waals surface area contributed by atoms with Gasteiger partial charge in [0.15, 0.2) is 6.61 Å². The van der Waals surface area contributed by atoms with Crippen molar-refractivity contribution in [1.29, 1.82) is 0 Å². The van der Waals surface area contributed by atoms with E-state index in [2.05, 4.69) is 10.3 Å². The summed E-state index contributed by atoms with van der Waals surface area (Å²) in [6, 6.07) is 25.1. The molecule has 6 rings (SSSR count). The molecular weight excluding hydrogens is 522 g/mol. The first-order chi connectivity index (χ1) is 18.5. The molecule has 3 atom stereocenters. The number of thiazole rings is 1. The number of aromatic amines is 1. The summed E-state index contributed by atoms with van der Waals surface area (Å²) in [7, 11) is 0. The maximum Gasteiger partial charge on any atom is 0.305 e. The predicted octanol–water partition coefficient (Wildman–Crippen LogP) is 4.25. The maximum atomic E-state index is 13.7. The van der Waals surface area contributed by atoms with Crippen molar-refractivity contribution < 1.29 is 19.1 Å². The van der Waals surface area contributed by atoms with Crippen molar-refractivity contribution in [1.82, 2.24) is 4.98 Å². The van der Waals surface area contributed by atoms with E-state index in [4.69, 9.17) is 4.74 Å². The molecular formula is C28H21N3O5S2. The summed E-state index contributed by atoms with van der Waals surface area (Å²) in [4.78, 5) is 56.2. The van der Waals surface area contributed by atoms with Crippen LogP contribution in [0.5, 0.6) is 5.75 Å². The van der Waals surface area contributed by atoms with E-state index >= 15 is 0 Å². The van der Waals surface area contributed by atoms with E-state index in [1.807, 2.05) is 36.4 Å². The lowest BCUT2D eigenvalue weighted by Gasteiger charge is -2.29. The molecule has 1 saturated heterocycles. The minimum atomic E-state index is -0.657.